The van der Waals surface area contributed by atoms with Gasteiger partial charge in [0.15, 0.2) is 6.10 Å². The lowest BCUT2D eigenvalue weighted by molar-refractivity contribution is -0.140. The van der Waals surface area contributed by atoms with Gasteiger partial charge in [0.25, 0.3) is 5.91 Å². The fraction of sp³-hybridized carbons (Fsp3) is 0.417. The van der Waals surface area contributed by atoms with Crippen molar-refractivity contribution < 1.29 is 14.6 Å². The van der Waals surface area contributed by atoms with Gasteiger partial charge in [-0.3, -0.25) is 4.79 Å². The van der Waals surface area contributed by atoms with Gasteiger partial charge in [-0.15, -0.1) is 0 Å². The van der Waals surface area contributed by atoms with Gasteiger partial charge in [-0.25, -0.2) is 0 Å². The van der Waals surface area contributed by atoms with Crippen LogP contribution in [-0.4, -0.2) is 42.7 Å². The second-order valence-corrected chi connectivity index (χ2v) is 3.75. The van der Waals surface area contributed by atoms with Crippen LogP contribution in [0.2, 0.25) is 0 Å². The summed E-state index contributed by atoms with van der Waals surface area (Å²) < 4.78 is 5.26. The van der Waals surface area contributed by atoms with Gasteiger partial charge in [0.1, 0.15) is 0 Å². The molecule has 0 aliphatic carbocycles. The molecule has 0 saturated carbocycles. The molecule has 0 aliphatic rings. The highest BCUT2D eigenvalue weighted by Crippen LogP contribution is 2.01. The van der Waals surface area contributed by atoms with Crippen LogP contribution in [0.1, 0.15) is 5.56 Å². The molecule has 0 saturated heterocycles. The number of hydrogen-bond acceptors (Lipinski definition) is 3. The van der Waals surface area contributed by atoms with Gasteiger partial charge >= 0.3 is 0 Å². The largest absolute Gasteiger partial charge is 0.381 e. The summed E-state index contributed by atoms with van der Waals surface area (Å²) in [5, 5.41) is 9.45. The average molecular weight is 223 g/mol. The van der Waals surface area contributed by atoms with Crippen LogP contribution in [0.15, 0.2) is 30.3 Å². The summed E-state index contributed by atoms with van der Waals surface area (Å²) in [6, 6.07) is 9.62. The highest BCUT2D eigenvalue weighted by atomic mass is 16.5. The maximum atomic E-state index is 11.3. The Morgan fingerprint density at radius 1 is 1.38 bits per heavy atom. The van der Waals surface area contributed by atoms with Crippen LogP contribution >= 0.6 is 0 Å². The van der Waals surface area contributed by atoms with E-state index in [9.17, 15) is 9.90 Å². The third-order valence-corrected chi connectivity index (χ3v) is 2.11. The Bertz CT molecular complexity index is 324. The number of rotatable bonds is 5. The standard InChI is InChI=1S/C12H17NO3/c1-13(2)12(15)11(14)9-16-8-10-6-4-3-5-7-10/h3-7,11,14H,8-9H2,1-2H3/t11-/m0/s1. The summed E-state index contributed by atoms with van der Waals surface area (Å²) in [4.78, 5) is 12.6. The molecule has 0 unspecified atom stereocenters. The molecule has 4 nitrogen and oxygen atoms in total. The molecule has 0 aliphatic heterocycles. The van der Waals surface area contributed by atoms with E-state index < -0.39 is 6.10 Å². The van der Waals surface area contributed by atoms with Crippen molar-refractivity contribution in [1.29, 1.82) is 0 Å². The number of ether oxygens (including phenoxy) is 1. The van der Waals surface area contributed by atoms with E-state index in [-0.39, 0.29) is 12.5 Å². The second kappa shape index (κ2) is 6.25. The van der Waals surface area contributed by atoms with Crippen molar-refractivity contribution in [3.8, 4) is 0 Å². The molecular formula is C12H17NO3. The van der Waals surface area contributed by atoms with Gasteiger partial charge in [0.05, 0.1) is 13.2 Å². The monoisotopic (exact) mass is 223 g/mol. The quantitative estimate of drug-likeness (QED) is 0.797. The van der Waals surface area contributed by atoms with Crippen LogP contribution in [0.4, 0.5) is 0 Å². The second-order valence-electron chi connectivity index (χ2n) is 3.75. The van der Waals surface area contributed by atoms with Crippen LogP contribution < -0.4 is 0 Å². The molecule has 0 heterocycles. The summed E-state index contributed by atoms with van der Waals surface area (Å²) in [6.45, 7) is 0.421. The molecule has 1 aromatic rings. The Morgan fingerprint density at radius 3 is 2.56 bits per heavy atom. The van der Waals surface area contributed by atoms with Gasteiger partial charge < -0.3 is 14.7 Å². The molecule has 0 aromatic heterocycles. The summed E-state index contributed by atoms with van der Waals surface area (Å²) in [5.41, 5.74) is 1.02. The number of carbonyl (C=O) groups excluding carboxylic acids is 1. The highest BCUT2D eigenvalue weighted by Gasteiger charge is 2.16. The van der Waals surface area contributed by atoms with E-state index in [0.29, 0.717) is 6.61 Å². The molecule has 1 atom stereocenters. The van der Waals surface area contributed by atoms with Crippen LogP contribution in [0, 0.1) is 0 Å². The molecule has 0 spiro atoms. The smallest absolute Gasteiger partial charge is 0.253 e. The van der Waals surface area contributed by atoms with E-state index in [1.165, 1.54) is 4.90 Å². The number of benzene rings is 1. The van der Waals surface area contributed by atoms with Crippen molar-refractivity contribution in [3.05, 3.63) is 35.9 Å². The van der Waals surface area contributed by atoms with E-state index in [0.717, 1.165) is 5.56 Å². The lowest BCUT2D eigenvalue weighted by atomic mass is 10.2. The summed E-state index contributed by atoms with van der Waals surface area (Å²) >= 11 is 0. The Hall–Kier alpha value is -1.39. The molecule has 1 amide bonds. The number of hydrogen-bond donors (Lipinski definition) is 1. The zero-order valence-electron chi connectivity index (χ0n) is 9.59. The van der Waals surface area contributed by atoms with E-state index in [2.05, 4.69) is 0 Å². The number of amides is 1. The van der Waals surface area contributed by atoms with Gasteiger partial charge in [0.2, 0.25) is 0 Å². The molecule has 4 heteroatoms. The first-order chi connectivity index (χ1) is 7.61. The number of aliphatic hydroxyl groups excluding tert-OH is 1. The van der Waals surface area contributed by atoms with E-state index in [1.807, 2.05) is 30.3 Å². The van der Waals surface area contributed by atoms with Crippen LogP contribution in [0.5, 0.6) is 0 Å². The molecule has 88 valence electrons. The molecule has 1 aromatic carbocycles. The summed E-state index contributed by atoms with van der Waals surface area (Å²) in [5.74, 6) is -0.340. The predicted molar refractivity (Wildman–Crippen MR) is 60.8 cm³/mol. The first-order valence-electron chi connectivity index (χ1n) is 5.12. The van der Waals surface area contributed by atoms with Crippen molar-refractivity contribution in [2.45, 2.75) is 12.7 Å². The van der Waals surface area contributed by atoms with Crippen molar-refractivity contribution in [1.82, 2.24) is 4.90 Å². The SMILES string of the molecule is CN(C)C(=O)[C@@H](O)COCc1ccccc1. The maximum Gasteiger partial charge on any atom is 0.253 e. The number of nitrogens with zero attached hydrogens (tertiary/aromatic N) is 1. The zero-order chi connectivity index (χ0) is 12.0. The zero-order valence-corrected chi connectivity index (χ0v) is 9.59. The average Bonchev–Trinajstić information content (AvgIpc) is 2.29. The third-order valence-electron chi connectivity index (χ3n) is 2.11. The first-order valence-corrected chi connectivity index (χ1v) is 5.12. The molecular weight excluding hydrogens is 206 g/mol. The lowest BCUT2D eigenvalue weighted by Crippen LogP contribution is -2.36. The van der Waals surface area contributed by atoms with Gasteiger partial charge in [-0.05, 0) is 5.56 Å². The Labute approximate surface area is 95.5 Å². The van der Waals surface area contributed by atoms with Crippen molar-refractivity contribution in [2.24, 2.45) is 0 Å². The molecule has 0 bridgehead atoms. The fourth-order valence-electron chi connectivity index (χ4n) is 1.23. The molecule has 0 radical (unpaired) electrons. The Kier molecular flexibility index (Phi) is 4.95. The minimum Gasteiger partial charge on any atom is -0.381 e. The van der Waals surface area contributed by atoms with Crippen molar-refractivity contribution >= 4 is 5.91 Å². The number of likely N-dealkylation sites (N-methyl/N-ethyl adjacent to an activating group) is 1. The van der Waals surface area contributed by atoms with Crippen molar-refractivity contribution in [3.63, 3.8) is 0 Å². The Morgan fingerprint density at radius 2 is 2.00 bits per heavy atom. The fourth-order valence-corrected chi connectivity index (χ4v) is 1.23. The highest BCUT2D eigenvalue weighted by molar-refractivity contribution is 5.80. The molecule has 1 rings (SSSR count). The van der Waals surface area contributed by atoms with Crippen LogP contribution in [0.25, 0.3) is 0 Å². The van der Waals surface area contributed by atoms with Crippen LogP contribution in [-0.2, 0) is 16.1 Å². The van der Waals surface area contributed by atoms with E-state index >= 15 is 0 Å². The molecule has 16 heavy (non-hydrogen) atoms. The molecule has 1 N–H and O–H groups in total. The van der Waals surface area contributed by atoms with Crippen LogP contribution in [0.3, 0.4) is 0 Å². The normalized spacial score (nSPS) is 12.2. The van der Waals surface area contributed by atoms with Gasteiger partial charge in [0, 0.05) is 14.1 Å². The summed E-state index contributed by atoms with van der Waals surface area (Å²) in [6.07, 6.45) is -1.08. The van der Waals surface area contributed by atoms with Crippen molar-refractivity contribution in [2.75, 3.05) is 20.7 Å². The van der Waals surface area contributed by atoms with Gasteiger partial charge in [-0.1, -0.05) is 30.3 Å². The first kappa shape index (κ1) is 12.7. The van der Waals surface area contributed by atoms with E-state index in [1.54, 1.807) is 14.1 Å². The Balaban J connectivity index is 2.28. The minimum atomic E-state index is -1.08. The number of aliphatic hydroxyl groups is 1. The van der Waals surface area contributed by atoms with E-state index in [4.69, 9.17) is 4.74 Å². The third kappa shape index (κ3) is 4.00. The lowest BCUT2D eigenvalue weighted by Gasteiger charge is -2.15. The predicted octanol–water partition coefficient (Wildman–Crippen LogP) is 0.652. The maximum absolute atomic E-state index is 11.3. The topological polar surface area (TPSA) is 49.8 Å². The number of carbonyl (C=O) groups is 1. The minimum absolute atomic E-state index is 0.0197. The van der Waals surface area contributed by atoms with Gasteiger partial charge in [-0.2, -0.15) is 0 Å². The summed E-state index contributed by atoms with van der Waals surface area (Å²) in [7, 11) is 3.20. The molecule has 0 fully saturated rings.